The number of aromatic nitrogens is 1. The van der Waals surface area contributed by atoms with Crippen molar-refractivity contribution in [2.24, 2.45) is 0 Å². The molecule has 0 aliphatic carbocycles. The van der Waals surface area contributed by atoms with E-state index in [2.05, 4.69) is 278 Å². The highest BCUT2D eigenvalue weighted by Gasteiger charge is 2.41. The van der Waals surface area contributed by atoms with Gasteiger partial charge in [0.25, 0.3) is 0 Å². The molecular formula is C68H45NO2Si. The molecule has 0 fully saturated rings. The predicted molar refractivity (Wildman–Crippen MR) is 303 cm³/mol. The van der Waals surface area contributed by atoms with E-state index in [9.17, 15) is 0 Å². The van der Waals surface area contributed by atoms with Crippen LogP contribution in [0.3, 0.4) is 0 Å². The Morgan fingerprint density at radius 3 is 1.47 bits per heavy atom. The molecule has 0 saturated heterocycles. The highest BCUT2D eigenvalue weighted by atomic mass is 28.3. The highest BCUT2D eigenvalue weighted by molar-refractivity contribution is 7.19. The highest BCUT2D eigenvalue weighted by Crippen LogP contribution is 2.41. The van der Waals surface area contributed by atoms with Gasteiger partial charge in [-0.1, -0.05) is 200 Å². The van der Waals surface area contributed by atoms with E-state index < -0.39 is 8.07 Å². The van der Waals surface area contributed by atoms with Gasteiger partial charge in [0.15, 0.2) is 8.07 Å². The lowest BCUT2D eigenvalue weighted by atomic mass is 9.97. The topological polar surface area (TPSA) is 31.2 Å². The lowest BCUT2D eigenvalue weighted by Crippen LogP contribution is -2.74. The molecule has 4 heteroatoms. The van der Waals surface area contributed by atoms with Gasteiger partial charge < -0.3 is 13.4 Å². The second kappa shape index (κ2) is 17.0. The average molecular weight is 936 g/mol. The second-order valence-electron chi connectivity index (χ2n) is 18.8. The van der Waals surface area contributed by atoms with E-state index in [0.29, 0.717) is 0 Å². The third-order valence-corrected chi connectivity index (χ3v) is 19.5. The van der Waals surface area contributed by atoms with Gasteiger partial charge in [0, 0.05) is 43.7 Å². The van der Waals surface area contributed by atoms with E-state index in [4.69, 9.17) is 8.83 Å². The van der Waals surface area contributed by atoms with Crippen LogP contribution in [0, 0.1) is 0 Å². The van der Waals surface area contributed by atoms with Crippen molar-refractivity contribution in [2.75, 3.05) is 0 Å². The molecule has 14 rings (SSSR count). The molecule has 0 radical (unpaired) electrons. The van der Waals surface area contributed by atoms with Crippen LogP contribution < -0.4 is 20.7 Å². The van der Waals surface area contributed by atoms with Crippen molar-refractivity contribution >= 4 is 83.5 Å². The molecule has 0 bridgehead atoms. The van der Waals surface area contributed by atoms with Gasteiger partial charge in [0.05, 0.1) is 11.0 Å². The van der Waals surface area contributed by atoms with E-state index in [1.807, 2.05) is 0 Å². The Kier molecular flexibility index (Phi) is 9.87. The van der Waals surface area contributed by atoms with Crippen molar-refractivity contribution in [1.82, 2.24) is 4.57 Å². The van der Waals surface area contributed by atoms with E-state index in [0.717, 1.165) is 72.2 Å². The molecule has 0 spiro atoms. The van der Waals surface area contributed by atoms with Crippen molar-refractivity contribution in [1.29, 1.82) is 0 Å². The van der Waals surface area contributed by atoms with E-state index in [1.54, 1.807) is 0 Å². The van der Waals surface area contributed by atoms with Crippen LogP contribution >= 0.6 is 0 Å². The molecule has 11 aromatic carbocycles. The Morgan fingerprint density at radius 1 is 0.292 bits per heavy atom. The lowest BCUT2D eigenvalue weighted by molar-refractivity contribution is 0.632. The van der Waals surface area contributed by atoms with E-state index >= 15 is 0 Å². The third kappa shape index (κ3) is 6.79. The van der Waals surface area contributed by atoms with E-state index in [1.165, 1.54) is 53.7 Å². The van der Waals surface area contributed by atoms with Crippen LogP contribution in [0.25, 0.3) is 105 Å². The molecule has 0 unspecified atom stereocenters. The zero-order chi connectivity index (χ0) is 47.6. The zero-order valence-electron chi connectivity index (χ0n) is 39.2. The van der Waals surface area contributed by atoms with Crippen LogP contribution in [-0.4, -0.2) is 12.6 Å². The Balaban J connectivity index is 0.828. The quantitative estimate of drug-likeness (QED) is 0.107. The maximum absolute atomic E-state index is 6.86. The average Bonchev–Trinajstić information content (AvgIpc) is 4.16. The summed E-state index contributed by atoms with van der Waals surface area (Å²) < 4.78 is 15.7. The predicted octanol–water partition coefficient (Wildman–Crippen LogP) is 15.5. The van der Waals surface area contributed by atoms with E-state index in [-0.39, 0.29) is 0 Å². The molecule has 338 valence electrons. The van der Waals surface area contributed by atoms with Gasteiger partial charge in [0.1, 0.15) is 22.5 Å². The summed E-state index contributed by atoms with van der Waals surface area (Å²) >= 11 is 0. The molecule has 0 aliphatic heterocycles. The minimum absolute atomic E-state index is 0.842. The largest absolute Gasteiger partial charge is 0.456 e. The summed E-state index contributed by atoms with van der Waals surface area (Å²) in [7, 11) is -2.69. The fourth-order valence-electron chi connectivity index (χ4n) is 11.4. The molecule has 0 aliphatic rings. The van der Waals surface area contributed by atoms with Crippen molar-refractivity contribution in [3.05, 3.63) is 273 Å². The minimum atomic E-state index is -2.69. The summed E-state index contributed by atoms with van der Waals surface area (Å²) in [6.07, 6.45) is 0. The number of hydrogen-bond donors (Lipinski definition) is 0. The van der Waals surface area contributed by atoms with Crippen LogP contribution in [0.2, 0.25) is 0 Å². The monoisotopic (exact) mass is 935 g/mol. The Hall–Kier alpha value is -9.22. The van der Waals surface area contributed by atoms with Gasteiger partial charge in [-0.05, 0) is 121 Å². The van der Waals surface area contributed by atoms with Gasteiger partial charge >= 0.3 is 0 Å². The lowest BCUT2D eigenvalue weighted by Gasteiger charge is -2.34. The fraction of sp³-hybridized carbons (Fsp3) is 0. The molecule has 3 aromatic heterocycles. The van der Waals surface area contributed by atoms with Crippen LogP contribution in [0.5, 0.6) is 0 Å². The summed E-state index contributed by atoms with van der Waals surface area (Å²) in [4.78, 5) is 0. The van der Waals surface area contributed by atoms with Gasteiger partial charge in [-0.25, -0.2) is 0 Å². The number of para-hydroxylation sites is 3. The van der Waals surface area contributed by atoms with Crippen LogP contribution in [-0.2, 0) is 0 Å². The minimum Gasteiger partial charge on any atom is -0.456 e. The van der Waals surface area contributed by atoms with Crippen molar-refractivity contribution in [2.45, 2.75) is 0 Å². The van der Waals surface area contributed by atoms with Crippen molar-refractivity contribution in [3.63, 3.8) is 0 Å². The molecule has 0 amide bonds. The van der Waals surface area contributed by atoms with Crippen LogP contribution in [0.4, 0.5) is 0 Å². The molecule has 0 atom stereocenters. The molecule has 0 saturated carbocycles. The SMILES string of the molecule is c1ccc(-n2c3ccccc3c3cc(-c4cc5cccc(-c6ccc7oc8ccc(-c9cccc(-c%10cccc([Si](c%11ccccc%11)(c%11ccccc%11)c%11ccccc%11)c%10)c9)cc8c7c6)c5o4)ccc32)cc1. The van der Waals surface area contributed by atoms with Crippen molar-refractivity contribution < 1.29 is 8.83 Å². The maximum atomic E-state index is 6.86. The van der Waals surface area contributed by atoms with Gasteiger partial charge in [-0.2, -0.15) is 0 Å². The molecule has 72 heavy (non-hydrogen) atoms. The van der Waals surface area contributed by atoms with Crippen LogP contribution in [0.1, 0.15) is 0 Å². The maximum Gasteiger partial charge on any atom is 0.179 e. The second-order valence-corrected chi connectivity index (χ2v) is 22.6. The Labute approximate surface area is 418 Å². The first-order valence-corrected chi connectivity index (χ1v) is 26.6. The van der Waals surface area contributed by atoms with Gasteiger partial charge in [-0.15, -0.1) is 0 Å². The first-order chi connectivity index (χ1) is 35.7. The first kappa shape index (κ1) is 41.7. The number of nitrogens with zero attached hydrogens (tertiary/aromatic N) is 1. The number of benzene rings is 11. The summed E-state index contributed by atoms with van der Waals surface area (Å²) in [5, 5.41) is 11.1. The Bertz CT molecular complexity index is 4230. The standard InChI is InChI=1S/C68H45NO2Si/c1-5-22-53(23-6-1)69-63-33-14-13-31-59(63)60-44-51(34-37-64(60)69)67-45-52-21-17-32-58(68(52)71-67)50-36-39-66-62(43-50)61-42-49(35-38-65(61)70-66)47-19-15-18-46(40-47)48-20-16-30-57(41-48)72(54-24-7-2-8-25-54,55-26-9-3-10-27-55)56-28-11-4-12-29-56/h1-45H. The van der Waals surface area contributed by atoms with Crippen LogP contribution in [0.15, 0.2) is 282 Å². The number of fused-ring (bicyclic) bond motifs is 7. The number of furan rings is 2. The Morgan fingerprint density at radius 2 is 0.792 bits per heavy atom. The number of rotatable bonds is 9. The van der Waals surface area contributed by atoms with Gasteiger partial charge in [0.2, 0.25) is 0 Å². The normalized spacial score (nSPS) is 11.9. The third-order valence-electron chi connectivity index (χ3n) is 14.7. The fourth-order valence-corrected chi connectivity index (χ4v) is 16.2. The summed E-state index contributed by atoms with van der Waals surface area (Å²) in [6, 6.07) is 99.2. The summed E-state index contributed by atoms with van der Waals surface area (Å²) in [6.45, 7) is 0. The number of hydrogen-bond acceptors (Lipinski definition) is 2. The zero-order valence-corrected chi connectivity index (χ0v) is 40.2. The molecule has 3 nitrogen and oxygen atoms in total. The smallest absolute Gasteiger partial charge is 0.179 e. The molecular weight excluding hydrogens is 891 g/mol. The summed E-state index contributed by atoms with van der Waals surface area (Å²) in [5.74, 6) is 0.842. The molecule has 14 aromatic rings. The first-order valence-electron chi connectivity index (χ1n) is 24.6. The van der Waals surface area contributed by atoms with Gasteiger partial charge in [-0.3, -0.25) is 0 Å². The summed E-state index contributed by atoms with van der Waals surface area (Å²) in [5.41, 5.74) is 13.9. The van der Waals surface area contributed by atoms with Crippen molar-refractivity contribution in [3.8, 4) is 50.4 Å². The molecule has 3 heterocycles. The molecule has 0 N–H and O–H groups in total.